The Labute approximate surface area is 149 Å². The lowest BCUT2D eigenvalue weighted by Crippen LogP contribution is -2.29. The fourth-order valence-electron chi connectivity index (χ4n) is 2.21. The molecule has 0 saturated carbocycles. The second kappa shape index (κ2) is 7.18. The number of hydrogen-bond donors (Lipinski definition) is 1. The zero-order chi connectivity index (χ0) is 18.6. The Hall–Kier alpha value is -3.49. The Morgan fingerprint density at radius 2 is 1.85 bits per heavy atom. The average molecular weight is 371 g/mol. The van der Waals surface area contributed by atoms with Crippen molar-refractivity contribution in [3.8, 4) is 11.8 Å². The van der Waals surface area contributed by atoms with Crippen LogP contribution in [0.1, 0.15) is 11.1 Å². The highest BCUT2D eigenvalue weighted by Crippen LogP contribution is 2.20. The first-order chi connectivity index (χ1) is 12.4. The molecule has 0 unspecified atom stereocenters. The smallest absolute Gasteiger partial charge is 0.371 e. The third-order valence-corrected chi connectivity index (χ3v) is 3.77. The van der Waals surface area contributed by atoms with Gasteiger partial charge in [-0.15, -0.1) is 9.89 Å². The minimum Gasteiger partial charge on any atom is -0.371 e. The zero-order valence-electron chi connectivity index (χ0n) is 13.3. The fourth-order valence-corrected chi connectivity index (χ4v) is 2.59. The maximum Gasteiger partial charge on any atom is 0.380 e. The molecule has 0 atom stereocenters. The number of nitrogens with zero attached hydrogens (tertiary/aromatic N) is 6. The lowest BCUT2D eigenvalue weighted by atomic mass is 10.2. The number of tetrazole rings is 1. The molecule has 11 heteroatoms. The van der Waals surface area contributed by atoms with Crippen molar-refractivity contribution < 1.29 is 12.6 Å². The third kappa shape index (κ3) is 4.32. The molecule has 0 bridgehead atoms. The van der Waals surface area contributed by atoms with Crippen LogP contribution in [0.25, 0.3) is 0 Å². The van der Waals surface area contributed by atoms with Crippen LogP contribution >= 0.6 is 0 Å². The molecule has 0 spiro atoms. The minimum absolute atomic E-state index is 0.114. The second-order valence-corrected chi connectivity index (χ2v) is 6.32. The van der Waals surface area contributed by atoms with Gasteiger partial charge in [-0.05, 0) is 52.4 Å². The summed E-state index contributed by atoms with van der Waals surface area (Å²) in [6, 6.07) is 15.4. The Bertz CT molecular complexity index is 1010. The van der Waals surface area contributed by atoms with E-state index in [-0.39, 0.29) is 5.75 Å². The van der Waals surface area contributed by atoms with Gasteiger partial charge >= 0.3 is 10.3 Å². The zero-order valence-corrected chi connectivity index (χ0v) is 14.1. The van der Waals surface area contributed by atoms with Gasteiger partial charge in [-0.2, -0.15) is 18.8 Å². The summed E-state index contributed by atoms with van der Waals surface area (Å²) < 4.78 is 26.5. The molecule has 132 valence electrons. The Morgan fingerprint density at radius 3 is 2.38 bits per heavy atom. The van der Waals surface area contributed by atoms with Crippen LogP contribution < -0.4 is 14.3 Å². The monoisotopic (exact) mass is 371 g/mol. The molecular weight excluding hydrogens is 358 g/mol. The number of benzene rings is 2. The van der Waals surface area contributed by atoms with E-state index in [2.05, 4.69) is 25.8 Å². The van der Waals surface area contributed by atoms with Gasteiger partial charge in [0.1, 0.15) is 5.75 Å². The van der Waals surface area contributed by atoms with Crippen LogP contribution in [-0.4, -0.2) is 28.7 Å². The molecule has 0 fully saturated rings. The highest BCUT2D eigenvalue weighted by atomic mass is 32.2. The summed E-state index contributed by atoms with van der Waals surface area (Å²) in [6.07, 6.45) is 1.44. The summed E-state index contributed by atoms with van der Waals surface area (Å²) in [7, 11) is -4.07. The van der Waals surface area contributed by atoms with Crippen LogP contribution in [0.15, 0.2) is 54.9 Å². The van der Waals surface area contributed by atoms with E-state index in [0.717, 1.165) is 11.3 Å². The van der Waals surface area contributed by atoms with Crippen LogP contribution in [0, 0.1) is 11.3 Å². The largest absolute Gasteiger partial charge is 0.380 e. The van der Waals surface area contributed by atoms with Crippen molar-refractivity contribution in [3.05, 3.63) is 66.0 Å². The first kappa shape index (κ1) is 17.3. The summed E-state index contributed by atoms with van der Waals surface area (Å²) in [5, 5.41) is 26.7. The van der Waals surface area contributed by atoms with Gasteiger partial charge in [0, 0.05) is 0 Å². The van der Waals surface area contributed by atoms with Gasteiger partial charge in [-0.3, -0.25) is 5.01 Å². The summed E-state index contributed by atoms with van der Waals surface area (Å²) in [5.41, 5.74) is 2.14. The van der Waals surface area contributed by atoms with Crippen molar-refractivity contribution in [2.75, 3.05) is 5.01 Å². The Balaban J connectivity index is 1.85. The molecule has 2 N–H and O–H groups in total. The number of hydrogen-bond acceptors (Lipinski definition) is 8. The molecule has 0 radical (unpaired) electrons. The summed E-state index contributed by atoms with van der Waals surface area (Å²) >= 11 is 0. The second-order valence-electron chi connectivity index (χ2n) is 5.17. The normalized spacial score (nSPS) is 10.9. The van der Waals surface area contributed by atoms with E-state index in [1.807, 2.05) is 0 Å². The maximum absolute atomic E-state index is 11.0. The number of aromatic nitrogens is 4. The van der Waals surface area contributed by atoms with Gasteiger partial charge < -0.3 is 4.18 Å². The van der Waals surface area contributed by atoms with Crippen LogP contribution in [0.5, 0.6) is 5.75 Å². The highest BCUT2D eigenvalue weighted by Gasteiger charge is 2.12. The van der Waals surface area contributed by atoms with Crippen molar-refractivity contribution in [3.63, 3.8) is 0 Å². The number of anilines is 1. The van der Waals surface area contributed by atoms with Crippen LogP contribution in [0.3, 0.4) is 0 Å². The molecule has 3 aromatic rings. The lowest BCUT2D eigenvalue weighted by Gasteiger charge is -2.23. The van der Waals surface area contributed by atoms with Crippen molar-refractivity contribution >= 4 is 16.0 Å². The quantitative estimate of drug-likeness (QED) is 0.664. The van der Waals surface area contributed by atoms with Gasteiger partial charge in [0.25, 0.3) is 0 Å². The number of nitrogens with two attached hydrogens (primary N) is 1. The van der Waals surface area contributed by atoms with Crippen molar-refractivity contribution in [2.45, 2.75) is 6.54 Å². The van der Waals surface area contributed by atoms with Gasteiger partial charge in [-0.25, -0.2) is 0 Å². The third-order valence-electron chi connectivity index (χ3n) is 3.35. The van der Waals surface area contributed by atoms with Gasteiger partial charge in [0.05, 0.1) is 23.9 Å². The molecule has 26 heavy (non-hydrogen) atoms. The molecule has 0 amide bonds. The van der Waals surface area contributed by atoms with Crippen LogP contribution in [0.4, 0.5) is 5.69 Å². The molecule has 0 saturated heterocycles. The van der Waals surface area contributed by atoms with E-state index >= 15 is 0 Å². The van der Waals surface area contributed by atoms with E-state index in [9.17, 15) is 8.42 Å². The average Bonchev–Trinajstić information content (AvgIpc) is 3.14. The fraction of sp³-hybridized carbons (Fsp3) is 0.0667. The summed E-state index contributed by atoms with van der Waals surface area (Å²) in [6.45, 7) is 0.382. The van der Waals surface area contributed by atoms with Gasteiger partial charge in [0.15, 0.2) is 6.33 Å². The molecule has 1 heterocycles. The van der Waals surface area contributed by atoms with Gasteiger partial charge in [0.2, 0.25) is 0 Å². The molecule has 2 aromatic carbocycles. The van der Waals surface area contributed by atoms with E-state index in [0.29, 0.717) is 12.1 Å². The Morgan fingerprint density at radius 1 is 1.15 bits per heavy atom. The SMILES string of the molecule is N#Cc1ccc(N(Cc2ccc(OS(N)(=O)=O)cc2)n2cnnn2)cc1. The molecule has 3 rings (SSSR count). The molecule has 0 aliphatic heterocycles. The summed E-state index contributed by atoms with van der Waals surface area (Å²) in [4.78, 5) is 1.45. The van der Waals surface area contributed by atoms with Crippen molar-refractivity contribution in [1.29, 1.82) is 5.26 Å². The number of rotatable bonds is 6. The molecular formula is C15H13N7O3S. The standard InChI is InChI=1S/C15H13N7O3S/c16-9-12-1-5-14(6-2-12)21(22-11-18-19-20-22)10-13-3-7-15(8-4-13)25-26(17,23)24/h1-8,11H,10H2,(H2,17,23,24). The summed E-state index contributed by atoms with van der Waals surface area (Å²) in [5.74, 6) is 0.114. The lowest BCUT2D eigenvalue weighted by molar-refractivity contribution is 0.487. The van der Waals surface area contributed by atoms with Crippen molar-refractivity contribution in [1.82, 2.24) is 20.3 Å². The Kier molecular flexibility index (Phi) is 4.78. The molecule has 10 nitrogen and oxygen atoms in total. The molecule has 0 aliphatic rings. The van der Waals surface area contributed by atoms with Crippen LogP contribution in [0.2, 0.25) is 0 Å². The maximum atomic E-state index is 11.0. The minimum atomic E-state index is -4.07. The molecule has 0 aliphatic carbocycles. The van der Waals surface area contributed by atoms with E-state index in [4.69, 9.17) is 10.4 Å². The van der Waals surface area contributed by atoms with Crippen LogP contribution in [-0.2, 0) is 16.8 Å². The molecule has 1 aromatic heterocycles. The number of nitriles is 1. The first-order valence-corrected chi connectivity index (χ1v) is 8.74. The van der Waals surface area contributed by atoms with E-state index < -0.39 is 10.3 Å². The van der Waals surface area contributed by atoms with Gasteiger partial charge in [-0.1, -0.05) is 12.1 Å². The first-order valence-electron chi connectivity index (χ1n) is 7.27. The predicted molar refractivity (Wildman–Crippen MR) is 90.7 cm³/mol. The predicted octanol–water partition coefficient (Wildman–Crippen LogP) is 0.597. The van der Waals surface area contributed by atoms with E-state index in [1.54, 1.807) is 41.4 Å². The topological polar surface area (TPSA) is 140 Å². The highest BCUT2D eigenvalue weighted by molar-refractivity contribution is 7.84. The van der Waals surface area contributed by atoms with Crippen molar-refractivity contribution in [2.24, 2.45) is 5.14 Å². The van der Waals surface area contributed by atoms with E-state index in [1.165, 1.54) is 23.3 Å².